The zero-order chi connectivity index (χ0) is 19.1. The number of amides is 1. The van der Waals surface area contributed by atoms with Crippen molar-refractivity contribution in [1.29, 1.82) is 0 Å². The predicted octanol–water partition coefficient (Wildman–Crippen LogP) is 2.52. The second kappa shape index (κ2) is 8.52. The number of pyridine rings is 1. The fourth-order valence-electron chi connectivity index (χ4n) is 2.25. The first-order valence-electron chi connectivity index (χ1n) is 8.11. The molecule has 27 heavy (non-hydrogen) atoms. The average molecular weight is 363 g/mol. The number of carbonyl (C=O) groups excluding carboxylic acids is 2. The Bertz CT molecular complexity index is 930. The summed E-state index contributed by atoms with van der Waals surface area (Å²) in [5.41, 5.74) is 2.19. The van der Waals surface area contributed by atoms with Crippen molar-refractivity contribution < 1.29 is 14.3 Å². The van der Waals surface area contributed by atoms with Crippen molar-refractivity contribution in [3.05, 3.63) is 77.9 Å². The Kier molecular flexibility index (Phi) is 5.68. The zero-order valence-corrected chi connectivity index (χ0v) is 14.5. The van der Waals surface area contributed by atoms with Gasteiger partial charge in [-0.05, 0) is 48.0 Å². The number of carbonyl (C=O) groups is 2. The summed E-state index contributed by atoms with van der Waals surface area (Å²) in [6.07, 6.45) is 4.91. The fraction of sp³-hybridized carbons (Fsp3) is 0.105. The van der Waals surface area contributed by atoms with Crippen LogP contribution in [0.25, 0.3) is 0 Å². The molecule has 0 saturated heterocycles. The van der Waals surface area contributed by atoms with Gasteiger partial charge >= 0.3 is 5.97 Å². The summed E-state index contributed by atoms with van der Waals surface area (Å²) in [6, 6.07) is 11.7. The lowest BCUT2D eigenvalue weighted by molar-refractivity contribution is 0.0600. The smallest absolute Gasteiger partial charge is 0.337 e. The van der Waals surface area contributed by atoms with E-state index in [0.29, 0.717) is 23.7 Å². The van der Waals surface area contributed by atoms with Gasteiger partial charge in [-0.2, -0.15) is 0 Å². The normalized spacial score (nSPS) is 10.1. The molecule has 0 spiro atoms. The Hall–Kier alpha value is -3.81. The molecule has 1 amide bonds. The third-order valence-electron chi connectivity index (χ3n) is 3.65. The molecule has 0 fully saturated rings. The molecular formula is C19H17N5O3. The van der Waals surface area contributed by atoms with Crippen molar-refractivity contribution in [3.8, 4) is 0 Å². The molecule has 2 N–H and O–H groups in total. The highest BCUT2D eigenvalue weighted by atomic mass is 16.5. The Labute approximate surface area is 155 Å². The van der Waals surface area contributed by atoms with E-state index in [-0.39, 0.29) is 11.6 Å². The Morgan fingerprint density at radius 2 is 1.74 bits per heavy atom. The number of benzene rings is 1. The molecule has 0 aliphatic heterocycles. The highest BCUT2D eigenvalue weighted by molar-refractivity contribution is 6.03. The summed E-state index contributed by atoms with van der Waals surface area (Å²) in [7, 11) is 1.31. The monoisotopic (exact) mass is 363 g/mol. The van der Waals surface area contributed by atoms with Crippen LogP contribution in [0.5, 0.6) is 0 Å². The summed E-state index contributed by atoms with van der Waals surface area (Å²) in [4.78, 5) is 36.1. The van der Waals surface area contributed by atoms with Crippen LogP contribution in [-0.4, -0.2) is 33.9 Å². The number of aromatic nitrogens is 3. The molecule has 1 aromatic carbocycles. The van der Waals surface area contributed by atoms with Gasteiger partial charge in [0.15, 0.2) is 0 Å². The van der Waals surface area contributed by atoms with E-state index in [2.05, 4.69) is 30.3 Å². The number of rotatable bonds is 6. The molecule has 0 aliphatic rings. The van der Waals surface area contributed by atoms with E-state index < -0.39 is 5.97 Å². The number of esters is 1. The van der Waals surface area contributed by atoms with Crippen LogP contribution in [0.15, 0.2) is 61.1 Å². The Morgan fingerprint density at radius 1 is 1.00 bits per heavy atom. The third-order valence-corrected chi connectivity index (χ3v) is 3.65. The molecule has 2 heterocycles. The van der Waals surface area contributed by atoms with Crippen LogP contribution >= 0.6 is 0 Å². The second-order valence-electron chi connectivity index (χ2n) is 5.50. The van der Waals surface area contributed by atoms with Gasteiger partial charge < -0.3 is 15.4 Å². The predicted molar refractivity (Wildman–Crippen MR) is 99.3 cm³/mol. The summed E-state index contributed by atoms with van der Waals surface area (Å²) in [5.74, 6) is -0.468. The van der Waals surface area contributed by atoms with E-state index in [1.165, 1.54) is 19.4 Å². The molecule has 0 saturated carbocycles. The van der Waals surface area contributed by atoms with Gasteiger partial charge in [0.1, 0.15) is 5.69 Å². The molecule has 3 rings (SSSR count). The summed E-state index contributed by atoms with van der Waals surface area (Å²) in [5, 5.41) is 5.79. The molecule has 8 nitrogen and oxygen atoms in total. The number of nitrogens with zero attached hydrogens (tertiary/aromatic N) is 3. The van der Waals surface area contributed by atoms with Crippen molar-refractivity contribution >= 4 is 23.5 Å². The number of ether oxygens (including phenoxy) is 1. The van der Waals surface area contributed by atoms with E-state index in [9.17, 15) is 9.59 Å². The molecule has 0 unspecified atom stereocenters. The van der Waals surface area contributed by atoms with Crippen LogP contribution < -0.4 is 10.6 Å². The third kappa shape index (κ3) is 4.85. The maximum Gasteiger partial charge on any atom is 0.337 e. The van der Waals surface area contributed by atoms with Gasteiger partial charge in [0, 0.05) is 30.8 Å². The van der Waals surface area contributed by atoms with Crippen LogP contribution in [0, 0.1) is 0 Å². The van der Waals surface area contributed by atoms with E-state index in [1.807, 2.05) is 12.1 Å². The topological polar surface area (TPSA) is 106 Å². The van der Waals surface area contributed by atoms with E-state index in [1.54, 1.807) is 36.7 Å². The van der Waals surface area contributed by atoms with Gasteiger partial charge in [-0.3, -0.25) is 9.78 Å². The van der Waals surface area contributed by atoms with Gasteiger partial charge in [-0.25, -0.2) is 14.8 Å². The van der Waals surface area contributed by atoms with Gasteiger partial charge in [0.25, 0.3) is 5.91 Å². The highest BCUT2D eigenvalue weighted by Gasteiger charge is 2.10. The molecule has 2 aromatic heterocycles. The van der Waals surface area contributed by atoms with E-state index in [4.69, 9.17) is 0 Å². The minimum Gasteiger partial charge on any atom is -0.465 e. The fourth-order valence-corrected chi connectivity index (χ4v) is 2.25. The van der Waals surface area contributed by atoms with Crippen molar-refractivity contribution in [3.63, 3.8) is 0 Å². The molecule has 0 bridgehead atoms. The van der Waals surface area contributed by atoms with Crippen molar-refractivity contribution in [2.45, 2.75) is 6.54 Å². The lowest BCUT2D eigenvalue weighted by Crippen LogP contribution is -2.15. The minimum atomic E-state index is -0.436. The first kappa shape index (κ1) is 18.0. The molecule has 0 radical (unpaired) electrons. The SMILES string of the molecule is COC(=O)c1ccc(NC(=O)c2ccnc(NCc3ccncc3)n2)cc1. The van der Waals surface area contributed by atoms with Crippen molar-refractivity contribution in [2.24, 2.45) is 0 Å². The van der Waals surface area contributed by atoms with Gasteiger partial charge in [-0.15, -0.1) is 0 Å². The molecular weight excluding hydrogens is 346 g/mol. The van der Waals surface area contributed by atoms with E-state index in [0.717, 1.165) is 5.56 Å². The first-order chi connectivity index (χ1) is 13.2. The lowest BCUT2D eigenvalue weighted by atomic mass is 10.2. The molecule has 136 valence electrons. The first-order valence-corrected chi connectivity index (χ1v) is 8.11. The van der Waals surface area contributed by atoms with Crippen LogP contribution in [0.4, 0.5) is 11.6 Å². The molecule has 8 heteroatoms. The number of anilines is 2. The largest absolute Gasteiger partial charge is 0.465 e. The Balaban J connectivity index is 1.63. The zero-order valence-electron chi connectivity index (χ0n) is 14.5. The lowest BCUT2D eigenvalue weighted by Gasteiger charge is -2.08. The van der Waals surface area contributed by atoms with Gasteiger partial charge in [-0.1, -0.05) is 0 Å². The quantitative estimate of drug-likeness (QED) is 0.648. The molecule has 0 aliphatic carbocycles. The van der Waals surface area contributed by atoms with Crippen LogP contribution in [0.3, 0.4) is 0 Å². The average Bonchev–Trinajstić information content (AvgIpc) is 2.73. The van der Waals surface area contributed by atoms with Crippen LogP contribution in [0.1, 0.15) is 26.4 Å². The number of hydrogen-bond donors (Lipinski definition) is 2. The number of hydrogen-bond acceptors (Lipinski definition) is 7. The van der Waals surface area contributed by atoms with Gasteiger partial charge in [0.05, 0.1) is 12.7 Å². The maximum absolute atomic E-state index is 12.4. The second-order valence-corrected chi connectivity index (χ2v) is 5.50. The summed E-state index contributed by atoms with van der Waals surface area (Å²) >= 11 is 0. The van der Waals surface area contributed by atoms with Crippen LogP contribution in [-0.2, 0) is 11.3 Å². The van der Waals surface area contributed by atoms with Crippen molar-refractivity contribution in [2.75, 3.05) is 17.7 Å². The molecule has 3 aromatic rings. The summed E-state index contributed by atoms with van der Waals surface area (Å²) in [6.45, 7) is 0.516. The Morgan fingerprint density at radius 3 is 2.44 bits per heavy atom. The van der Waals surface area contributed by atoms with E-state index >= 15 is 0 Å². The summed E-state index contributed by atoms with van der Waals surface area (Å²) < 4.78 is 4.64. The minimum absolute atomic E-state index is 0.222. The molecule has 0 atom stereocenters. The number of methoxy groups -OCH3 is 1. The highest BCUT2D eigenvalue weighted by Crippen LogP contribution is 2.12. The van der Waals surface area contributed by atoms with Gasteiger partial charge in [0.2, 0.25) is 5.95 Å². The van der Waals surface area contributed by atoms with Crippen molar-refractivity contribution in [1.82, 2.24) is 15.0 Å². The maximum atomic E-state index is 12.4. The van der Waals surface area contributed by atoms with Crippen LogP contribution in [0.2, 0.25) is 0 Å². The standard InChI is InChI=1S/C19H17N5O3/c1-27-18(26)14-2-4-15(5-3-14)23-17(25)16-8-11-21-19(24-16)22-12-13-6-9-20-10-7-13/h2-11H,12H2,1H3,(H,23,25)(H,21,22,24). The number of nitrogens with one attached hydrogen (secondary N) is 2.